The summed E-state index contributed by atoms with van der Waals surface area (Å²) in [6, 6.07) is 43.1. The molecule has 0 aliphatic heterocycles. The molecule has 14 rings (SSSR count). The van der Waals surface area contributed by atoms with Gasteiger partial charge in [-0.25, -0.2) is 8.78 Å². The standard InChI is InChI=1S/C105H130F2O4.2CH3.Zr/c1-60(110-88-31-29-68(106)52-74(88)76-48-66(104(25,26)58-94(3,4)5)50-78(92(76)108)90-70-54-84-80(96(9,10)33-37-100(84,17)18)44-62(70)42-63-45-81-85(55-71(63)90)101(19,20)38-34-97(81,11)12)41-61(2)111-89-32-30-69(107)53-75(89)77-49-67(105(27,28)59-95(6,7)8)51-79(93(77)109)91-72-56-86-82(98(13,14)35-39-102(86,21)22)46-64(72)43-65-47-83-87(57-73(65)91)103(23,24)40-36-99(83,15)16;;;/h29-32,42-57,60-61,108-109H,33-41,58-59H2,1-28H3;2*1H3;/q;2*-1;/p+2/t60-,61+;;;. The van der Waals surface area contributed by atoms with Crippen LogP contribution >= 0.6 is 0 Å². The third kappa shape index (κ3) is 16.0. The zero-order valence-corrected chi connectivity index (χ0v) is 78.0. The summed E-state index contributed by atoms with van der Waals surface area (Å²) < 4.78 is 44.3. The van der Waals surface area contributed by atoms with E-state index in [1.807, 2.05) is 0 Å². The summed E-state index contributed by atoms with van der Waals surface area (Å²) in [6.07, 6.45) is 10.1. The summed E-state index contributed by atoms with van der Waals surface area (Å²) in [4.78, 5) is 0. The van der Waals surface area contributed by atoms with E-state index >= 15 is 8.78 Å². The Kier molecular flexibility index (Phi) is 22.6. The second kappa shape index (κ2) is 29.3. The molecular formula is C107H138F2O4Zr. The van der Waals surface area contributed by atoms with Crippen LogP contribution in [0.2, 0.25) is 0 Å². The van der Waals surface area contributed by atoms with Gasteiger partial charge < -0.3 is 34.5 Å². The molecule has 4 nitrogen and oxygen atoms in total. The van der Waals surface area contributed by atoms with Crippen molar-refractivity contribution in [3.63, 3.8) is 0 Å². The summed E-state index contributed by atoms with van der Waals surface area (Å²) in [6.45, 7) is 65.5. The molecule has 114 heavy (non-hydrogen) atoms. The predicted octanol–water partition coefficient (Wildman–Crippen LogP) is 30.7. The van der Waals surface area contributed by atoms with Crippen molar-refractivity contribution in [2.75, 3.05) is 0 Å². The van der Waals surface area contributed by atoms with E-state index in [4.69, 9.17) is 9.47 Å². The molecule has 4 aliphatic rings. The Hall–Kier alpha value is -6.82. The molecule has 0 amide bonds. The van der Waals surface area contributed by atoms with Crippen LogP contribution in [0.5, 0.6) is 23.0 Å². The molecule has 4 aliphatic carbocycles. The Labute approximate surface area is 705 Å². The second-order valence-corrected chi connectivity index (χ2v) is 44.6. The molecule has 0 radical (unpaired) electrons. The largest absolute Gasteiger partial charge is 0.580 e. The first-order valence-corrected chi connectivity index (χ1v) is 42.1. The number of halogens is 2. The number of benzene rings is 10. The Bertz CT molecular complexity index is 4930. The Balaban J connectivity index is 0.00000427. The van der Waals surface area contributed by atoms with Crippen LogP contribution in [0.15, 0.2) is 121 Å². The van der Waals surface area contributed by atoms with Crippen LogP contribution in [0.1, 0.15) is 320 Å². The molecule has 7 heteroatoms. The van der Waals surface area contributed by atoms with Gasteiger partial charge in [0.1, 0.15) is 29.6 Å². The van der Waals surface area contributed by atoms with Crippen LogP contribution in [0.3, 0.4) is 0 Å². The fourth-order valence-corrected chi connectivity index (χ4v) is 21.5. The minimum absolute atomic E-state index is 0. The van der Waals surface area contributed by atoms with Gasteiger partial charge in [-0.15, -0.1) is 0 Å². The van der Waals surface area contributed by atoms with Gasteiger partial charge in [-0.05, 0) is 313 Å². The van der Waals surface area contributed by atoms with Gasteiger partial charge in [0.2, 0.25) is 0 Å². The molecule has 4 N–H and O–H groups in total. The van der Waals surface area contributed by atoms with Crippen LogP contribution in [0.25, 0.3) is 87.6 Å². The van der Waals surface area contributed by atoms with Crippen molar-refractivity contribution in [1.82, 2.24) is 0 Å². The van der Waals surface area contributed by atoms with Gasteiger partial charge in [0.25, 0.3) is 11.5 Å². The fraction of sp³-hybridized carbons (Fsp3) is 0.495. The van der Waals surface area contributed by atoms with Crippen molar-refractivity contribution in [3.8, 4) is 67.5 Å². The van der Waals surface area contributed by atoms with Crippen molar-refractivity contribution in [3.05, 3.63) is 203 Å². The number of rotatable bonds is 14. The average molecular weight is 1620 g/mol. The monoisotopic (exact) mass is 1610 g/mol. The molecule has 608 valence electrons. The maximum atomic E-state index is 16.6. The van der Waals surface area contributed by atoms with E-state index < -0.39 is 22.5 Å². The summed E-state index contributed by atoms with van der Waals surface area (Å²) in [5, 5.41) is 36.7. The van der Waals surface area contributed by atoms with Crippen molar-refractivity contribution in [2.24, 2.45) is 10.8 Å². The number of phenolic OH excluding ortho intramolecular Hbond substituents is 2. The van der Waals surface area contributed by atoms with E-state index in [0.717, 1.165) is 141 Å². The smallest absolute Gasteiger partial charge is 0.263 e. The van der Waals surface area contributed by atoms with Crippen molar-refractivity contribution >= 4 is 43.1 Å². The minimum atomic E-state index is -0.419. The van der Waals surface area contributed by atoms with Gasteiger partial charge in [-0.3, -0.25) is 0 Å². The molecule has 0 spiro atoms. The first-order valence-electron chi connectivity index (χ1n) is 42.1. The van der Waals surface area contributed by atoms with Crippen LogP contribution in [0.4, 0.5) is 8.78 Å². The summed E-state index contributed by atoms with van der Waals surface area (Å²) in [7, 11) is 0. The van der Waals surface area contributed by atoms with E-state index in [2.05, 4.69) is 279 Å². The SMILES string of the molecule is C[C@H](C[C@H](C)[OH+]c1ccc(F)cc1-c1cc(C(C)(C)CC(C)(C)C)cc(-c2c3cc4c(cc3cc3cc5c(cc23)C(C)(C)CCC5(C)C)C(C)(C)CCC4(C)C)c1O)[OH+]c1ccc(F)cc1-c1cc(C(C)(C)CC(C)(C)C)cc(-c2c3cc4c(cc3cc3cc5c(cc23)C(C)(C)CCC5(C)C)C(C)(C)CCC4(C)C)c1O.[CH3-].[CH3-].[Zr]. The van der Waals surface area contributed by atoms with Gasteiger partial charge in [0.05, 0.1) is 11.1 Å². The molecule has 2 atom stereocenters. The molecule has 10 aromatic rings. The maximum Gasteiger partial charge on any atom is 0.263 e. The topological polar surface area (TPSA) is 66.1 Å². The molecular weight excluding hydrogens is 1480 g/mol. The zero-order chi connectivity index (χ0) is 81.0. The van der Waals surface area contributed by atoms with Gasteiger partial charge in [-0.2, -0.15) is 0 Å². The molecule has 0 heterocycles. The van der Waals surface area contributed by atoms with Crippen molar-refractivity contribution < 1.29 is 54.7 Å². The van der Waals surface area contributed by atoms with Gasteiger partial charge in [0, 0.05) is 85.6 Å². The minimum Gasteiger partial charge on any atom is -0.580 e. The van der Waals surface area contributed by atoms with Gasteiger partial charge >= 0.3 is 0 Å². The number of fused-ring (bicyclic) bond motifs is 8. The van der Waals surface area contributed by atoms with Crippen LogP contribution < -0.4 is 0 Å². The Morgan fingerprint density at radius 3 is 0.789 bits per heavy atom. The van der Waals surface area contributed by atoms with Gasteiger partial charge in [-0.1, -0.05) is 204 Å². The first kappa shape index (κ1) is 88.0. The molecule has 10 aromatic carbocycles. The fourth-order valence-electron chi connectivity index (χ4n) is 21.5. The number of aliphatic hydroxyl groups is 2. The van der Waals surface area contributed by atoms with Crippen molar-refractivity contribution in [1.29, 1.82) is 0 Å². The summed E-state index contributed by atoms with van der Waals surface area (Å²) >= 11 is 0. The van der Waals surface area contributed by atoms with E-state index in [-0.39, 0.29) is 119 Å². The molecule has 0 saturated heterocycles. The number of phenols is 2. The Morgan fingerprint density at radius 2 is 0.553 bits per heavy atom. The normalized spacial score (nSPS) is 18.8. The molecule has 0 fully saturated rings. The number of hydrogen-bond donors (Lipinski definition) is 2. The third-order valence-corrected chi connectivity index (χ3v) is 28.0. The van der Waals surface area contributed by atoms with E-state index in [1.54, 1.807) is 24.3 Å². The van der Waals surface area contributed by atoms with Crippen molar-refractivity contribution in [2.45, 2.75) is 331 Å². The average Bonchev–Trinajstić information content (AvgIpc) is 0.686. The van der Waals surface area contributed by atoms with Crippen LogP contribution in [0, 0.1) is 37.3 Å². The first-order chi connectivity index (χ1) is 51.1. The summed E-state index contributed by atoms with van der Waals surface area (Å²) in [5.41, 5.74) is 17.3. The summed E-state index contributed by atoms with van der Waals surface area (Å²) in [5.74, 6) is 0.492. The molecule has 0 unspecified atom stereocenters. The molecule has 0 aromatic heterocycles. The Morgan fingerprint density at radius 1 is 0.325 bits per heavy atom. The molecule has 0 saturated carbocycles. The number of hydrogen-bond acceptors (Lipinski definition) is 2. The quantitative estimate of drug-likeness (QED) is 0.0647. The van der Waals surface area contributed by atoms with E-state index in [0.29, 0.717) is 40.2 Å². The van der Waals surface area contributed by atoms with E-state index in [1.165, 1.54) is 56.6 Å². The zero-order valence-electron chi connectivity index (χ0n) is 75.5. The number of ether oxygens (including phenoxy) is 2. The number of aromatic hydroxyl groups is 4. The van der Waals surface area contributed by atoms with Crippen LogP contribution in [-0.2, 0) is 80.4 Å². The predicted molar refractivity (Wildman–Crippen MR) is 483 cm³/mol. The third-order valence-electron chi connectivity index (χ3n) is 28.0. The molecule has 0 bridgehead atoms. The van der Waals surface area contributed by atoms with Crippen LogP contribution in [-0.4, -0.2) is 31.9 Å². The second-order valence-electron chi connectivity index (χ2n) is 44.6. The maximum absolute atomic E-state index is 16.6. The van der Waals surface area contributed by atoms with Gasteiger partial charge in [0.15, 0.2) is 12.2 Å². The van der Waals surface area contributed by atoms with E-state index in [9.17, 15) is 10.2 Å².